The van der Waals surface area contributed by atoms with Crippen molar-refractivity contribution in [1.29, 1.82) is 0 Å². The molecule has 2 aliphatic rings. The van der Waals surface area contributed by atoms with Crippen molar-refractivity contribution in [1.82, 2.24) is 0 Å². The van der Waals surface area contributed by atoms with Crippen LogP contribution in [0.3, 0.4) is 0 Å². The number of phosphoric acid groups is 1. The third-order valence-electron chi connectivity index (χ3n) is 5.42. The van der Waals surface area contributed by atoms with Gasteiger partial charge >= 0.3 is 31.7 Å². The molecule has 0 amide bonds. The Morgan fingerprint density at radius 3 is 2.18 bits per heavy atom. The van der Waals surface area contributed by atoms with Crippen LogP contribution < -0.4 is 4.52 Å². The topological polar surface area (TPSA) is 159 Å². The number of ether oxygens (including phenoxy) is 5. The van der Waals surface area contributed by atoms with Gasteiger partial charge in [0, 0.05) is 33.3 Å². The highest BCUT2D eigenvalue weighted by Gasteiger charge is 2.57. The van der Waals surface area contributed by atoms with Crippen molar-refractivity contribution in [3.8, 4) is 5.75 Å². The summed E-state index contributed by atoms with van der Waals surface area (Å²) >= 11 is 0. The van der Waals surface area contributed by atoms with E-state index < -0.39 is 75.2 Å². The van der Waals surface area contributed by atoms with Crippen LogP contribution in [0.4, 0.5) is 4.39 Å². The number of carbonyl (C=O) groups is 4. The fourth-order valence-electron chi connectivity index (χ4n) is 3.89. The van der Waals surface area contributed by atoms with Crippen molar-refractivity contribution in [2.45, 2.75) is 78.1 Å². The molecule has 0 radical (unpaired) electrons. The predicted octanol–water partition coefficient (Wildman–Crippen LogP) is 2.45. The first-order valence-electron chi connectivity index (χ1n) is 11.4. The van der Waals surface area contributed by atoms with Gasteiger partial charge in [-0.05, 0) is 18.6 Å². The highest BCUT2D eigenvalue weighted by molar-refractivity contribution is 7.49. The van der Waals surface area contributed by atoms with Crippen LogP contribution in [0, 0.1) is 6.92 Å². The molecule has 2 aliphatic heterocycles. The van der Waals surface area contributed by atoms with E-state index in [9.17, 15) is 23.7 Å². The number of benzene rings is 1. The molecule has 0 N–H and O–H groups in total. The molecular weight excluding hydrogens is 534 g/mol. The highest BCUT2D eigenvalue weighted by Crippen LogP contribution is 2.56. The Morgan fingerprint density at radius 2 is 1.58 bits per heavy atom. The summed E-state index contributed by atoms with van der Waals surface area (Å²) in [6.45, 7) is 4.86. The first-order chi connectivity index (χ1) is 17.8. The van der Waals surface area contributed by atoms with E-state index in [1.807, 2.05) is 0 Å². The van der Waals surface area contributed by atoms with E-state index in [1.165, 1.54) is 6.07 Å². The highest BCUT2D eigenvalue weighted by atomic mass is 31.2. The van der Waals surface area contributed by atoms with Crippen molar-refractivity contribution in [3.05, 3.63) is 29.3 Å². The first-order valence-corrected chi connectivity index (χ1v) is 12.9. The van der Waals surface area contributed by atoms with Crippen molar-refractivity contribution in [3.63, 3.8) is 0 Å². The van der Waals surface area contributed by atoms with Crippen molar-refractivity contribution in [2.24, 2.45) is 0 Å². The van der Waals surface area contributed by atoms with Gasteiger partial charge in [-0.25, -0.2) is 13.5 Å². The van der Waals surface area contributed by atoms with E-state index in [2.05, 4.69) is 0 Å². The van der Waals surface area contributed by atoms with Crippen LogP contribution in [0.5, 0.6) is 5.75 Å². The second-order valence-electron chi connectivity index (χ2n) is 8.48. The molecule has 0 spiro atoms. The molecule has 0 bridgehead atoms. The number of hydrogen-bond donors (Lipinski definition) is 0. The average molecular weight is 562 g/mol. The molecule has 3 rings (SSSR count). The van der Waals surface area contributed by atoms with Crippen molar-refractivity contribution >= 4 is 31.7 Å². The molecule has 1 fully saturated rings. The van der Waals surface area contributed by atoms with Gasteiger partial charge in [0.2, 0.25) is 6.29 Å². The lowest BCUT2D eigenvalue weighted by molar-refractivity contribution is -0.296. The number of phosphoric ester groups is 1. The van der Waals surface area contributed by atoms with Gasteiger partial charge in [0.1, 0.15) is 18.5 Å². The van der Waals surface area contributed by atoms with Crippen LogP contribution in [-0.4, -0.2) is 67.4 Å². The Labute approximate surface area is 217 Å². The molecule has 1 saturated heterocycles. The zero-order chi connectivity index (χ0) is 28.2. The fraction of sp³-hybridized carbons (Fsp3) is 0.565. The van der Waals surface area contributed by atoms with Gasteiger partial charge in [-0.2, -0.15) is 0 Å². The molecule has 15 heteroatoms. The van der Waals surface area contributed by atoms with Crippen LogP contribution in [0.25, 0.3) is 0 Å². The second kappa shape index (κ2) is 12.2. The maximum Gasteiger partial charge on any atom is 0.532 e. The number of aryl methyl sites for hydroxylation is 1. The summed E-state index contributed by atoms with van der Waals surface area (Å²) in [4.78, 5) is 47.0. The Hall–Kier alpha value is -3.06. The third-order valence-corrected chi connectivity index (χ3v) is 6.75. The minimum absolute atomic E-state index is 0.171. The largest absolute Gasteiger partial charge is 0.532 e. The normalized spacial score (nSPS) is 29.2. The van der Waals surface area contributed by atoms with Crippen LogP contribution >= 0.6 is 7.82 Å². The SMILES string of the molecule is CC(=O)OC[C@H](F)C1O[C@@H](OP2(=O)OCc3c(C)cccc3O2)C(OC(C)=O)C(OC(C)=O)[C@@H]1OC(C)=O. The summed E-state index contributed by atoms with van der Waals surface area (Å²) in [5.74, 6) is -3.35. The van der Waals surface area contributed by atoms with E-state index in [4.69, 9.17) is 37.3 Å². The Kier molecular flexibility index (Phi) is 9.47. The summed E-state index contributed by atoms with van der Waals surface area (Å²) in [5, 5.41) is 0. The number of fused-ring (bicyclic) bond motifs is 1. The number of halogens is 1. The van der Waals surface area contributed by atoms with Crippen LogP contribution in [0.2, 0.25) is 0 Å². The number of hydrogen-bond acceptors (Lipinski definition) is 13. The smallest absolute Gasteiger partial charge is 0.463 e. The van der Waals surface area contributed by atoms with Crippen LogP contribution in [0.15, 0.2) is 18.2 Å². The van der Waals surface area contributed by atoms with E-state index >= 15 is 4.39 Å². The molecule has 4 unspecified atom stereocenters. The van der Waals surface area contributed by atoms with Gasteiger partial charge in [-0.3, -0.25) is 23.7 Å². The second-order valence-corrected chi connectivity index (χ2v) is 10.0. The molecule has 38 heavy (non-hydrogen) atoms. The minimum atomic E-state index is -4.48. The quantitative estimate of drug-likeness (QED) is 0.259. The summed E-state index contributed by atoms with van der Waals surface area (Å²) in [6.07, 6.45) is -11.0. The molecule has 2 heterocycles. The number of carbonyl (C=O) groups excluding carboxylic acids is 4. The van der Waals surface area contributed by atoms with E-state index in [0.717, 1.165) is 33.3 Å². The van der Waals surface area contributed by atoms with Crippen molar-refractivity contribution < 1.29 is 65.4 Å². The molecule has 210 valence electrons. The third kappa shape index (κ3) is 7.28. The fourth-order valence-corrected chi connectivity index (χ4v) is 5.17. The monoisotopic (exact) mass is 562 g/mol. The Bertz CT molecular complexity index is 1120. The average Bonchev–Trinajstić information content (AvgIpc) is 2.80. The van der Waals surface area contributed by atoms with Gasteiger partial charge in [-0.1, -0.05) is 12.1 Å². The van der Waals surface area contributed by atoms with Crippen LogP contribution in [-0.2, 0) is 63.1 Å². The molecule has 1 aromatic rings. The maximum absolute atomic E-state index is 15.3. The summed E-state index contributed by atoms with van der Waals surface area (Å²) < 4.78 is 71.1. The van der Waals surface area contributed by atoms with Gasteiger partial charge in [0.15, 0.2) is 24.5 Å². The standard InChI is InChI=1S/C23H28FO13P/c1-11-7-6-8-18-16(11)9-31-38(29,36-18)37-23-22(34-15(5)28)21(33-14(4)27)20(32-13(3)26)19(35-23)17(24)10-30-12(2)25/h6-8,17,19-23H,9-10H2,1-5H3/t17-,19?,20+,21?,22?,23-,38?/m0/s1. The Balaban J connectivity index is 1.99. The van der Waals surface area contributed by atoms with E-state index in [0.29, 0.717) is 5.56 Å². The molecule has 13 nitrogen and oxygen atoms in total. The molecule has 0 aromatic heterocycles. The minimum Gasteiger partial charge on any atom is -0.463 e. The number of alkyl halides is 1. The lowest BCUT2D eigenvalue weighted by atomic mass is 9.95. The summed E-state index contributed by atoms with van der Waals surface area (Å²) in [7, 11) is -4.48. The van der Waals surface area contributed by atoms with Gasteiger partial charge in [0.05, 0.1) is 6.61 Å². The van der Waals surface area contributed by atoms with E-state index in [1.54, 1.807) is 19.1 Å². The summed E-state index contributed by atoms with van der Waals surface area (Å²) in [5.41, 5.74) is 1.41. The molecule has 7 atom stereocenters. The van der Waals surface area contributed by atoms with Crippen LogP contribution in [0.1, 0.15) is 38.8 Å². The lowest BCUT2D eigenvalue weighted by Crippen LogP contribution is -2.64. The van der Waals surface area contributed by atoms with Gasteiger partial charge in [0.25, 0.3) is 0 Å². The van der Waals surface area contributed by atoms with Crippen molar-refractivity contribution in [2.75, 3.05) is 6.61 Å². The predicted molar refractivity (Wildman–Crippen MR) is 122 cm³/mol. The molecule has 1 aromatic carbocycles. The first kappa shape index (κ1) is 29.5. The summed E-state index contributed by atoms with van der Waals surface area (Å²) in [6, 6.07) is 4.98. The zero-order valence-electron chi connectivity index (χ0n) is 21.2. The Morgan fingerprint density at radius 1 is 0.974 bits per heavy atom. The molecule has 0 aliphatic carbocycles. The van der Waals surface area contributed by atoms with E-state index in [-0.39, 0.29) is 12.4 Å². The number of esters is 4. The molecule has 0 saturated carbocycles. The molecular formula is C23H28FO13P. The maximum atomic E-state index is 15.3. The van der Waals surface area contributed by atoms with Gasteiger partial charge < -0.3 is 28.2 Å². The van der Waals surface area contributed by atoms with Gasteiger partial charge in [-0.15, -0.1) is 0 Å². The number of rotatable bonds is 8. The lowest BCUT2D eigenvalue weighted by Gasteiger charge is -2.45. The zero-order valence-corrected chi connectivity index (χ0v) is 22.1.